The second-order valence-corrected chi connectivity index (χ2v) is 13.1. The predicted molar refractivity (Wildman–Crippen MR) is 111 cm³/mol. The first-order valence-electron chi connectivity index (χ1n) is 8.99. The minimum absolute atomic E-state index is 0.513. The van der Waals surface area contributed by atoms with Crippen LogP contribution in [-0.2, 0) is 13.0 Å². The van der Waals surface area contributed by atoms with E-state index in [0.717, 1.165) is 0 Å². The number of rotatable bonds is 6. The lowest BCUT2D eigenvalue weighted by Gasteiger charge is -2.39. The van der Waals surface area contributed by atoms with Gasteiger partial charge in [0.05, 0.1) is 11.2 Å². The molecule has 148 valence electrons. The van der Waals surface area contributed by atoms with Crippen LogP contribution in [0.25, 0.3) is 0 Å². The van der Waals surface area contributed by atoms with Gasteiger partial charge in [-0.2, -0.15) is 0 Å². The molecule has 2 aromatic carbocycles. The average molecular weight is 407 g/mol. The molecule has 7 heteroatoms. The van der Waals surface area contributed by atoms with E-state index in [1.54, 1.807) is 48.5 Å². The molecule has 27 heavy (non-hydrogen) atoms. The van der Waals surface area contributed by atoms with Crippen LogP contribution in [0.3, 0.4) is 0 Å². The largest absolute Gasteiger partial charge is 0.527 e. The summed E-state index contributed by atoms with van der Waals surface area (Å²) in [4.78, 5) is 23.0. The van der Waals surface area contributed by atoms with Gasteiger partial charge in [-0.15, -0.1) is 0 Å². The summed E-state index contributed by atoms with van der Waals surface area (Å²) in [5.41, 5.74) is -1.35. The molecule has 0 saturated carbocycles. The Kier molecular flexibility index (Phi) is 6.48. The molecule has 0 aliphatic rings. The molecule has 0 radical (unpaired) electrons. The van der Waals surface area contributed by atoms with Gasteiger partial charge >= 0.3 is 17.6 Å². The SMILES string of the molecule is CC(C)(C)O[Si](O)(O[Si](O)(OC(C)(C)C)c1ccccc1)c1ccccc1. The van der Waals surface area contributed by atoms with Gasteiger partial charge in [0.2, 0.25) is 0 Å². The molecule has 2 unspecified atom stereocenters. The topological polar surface area (TPSA) is 68.2 Å². The molecule has 0 spiro atoms. The zero-order valence-corrected chi connectivity index (χ0v) is 18.9. The molecule has 0 amide bonds. The van der Waals surface area contributed by atoms with Gasteiger partial charge in [-0.25, -0.2) is 0 Å². The predicted octanol–water partition coefficient (Wildman–Crippen LogP) is 2.31. The molecule has 0 aromatic heterocycles. The molecule has 0 bridgehead atoms. The van der Waals surface area contributed by atoms with Crippen molar-refractivity contribution < 1.29 is 22.6 Å². The Morgan fingerprint density at radius 3 is 1.15 bits per heavy atom. The highest BCUT2D eigenvalue weighted by atomic mass is 28.5. The van der Waals surface area contributed by atoms with Crippen LogP contribution >= 0.6 is 0 Å². The molecular formula is C20H30O5Si2. The monoisotopic (exact) mass is 406 g/mol. The third-order valence-corrected chi connectivity index (χ3v) is 9.56. The van der Waals surface area contributed by atoms with Crippen molar-refractivity contribution in [3.05, 3.63) is 60.7 Å². The van der Waals surface area contributed by atoms with Crippen molar-refractivity contribution in [1.29, 1.82) is 0 Å². The van der Waals surface area contributed by atoms with E-state index in [-0.39, 0.29) is 0 Å². The van der Waals surface area contributed by atoms with Gasteiger partial charge in [0, 0.05) is 10.4 Å². The Balaban J connectivity index is 2.53. The summed E-state index contributed by atoms with van der Waals surface area (Å²) in [7, 11) is -7.98. The van der Waals surface area contributed by atoms with Crippen LogP contribution in [0.2, 0.25) is 0 Å². The van der Waals surface area contributed by atoms with Crippen LogP contribution in [0.4, 0.5) is 0 Å². The first-order chi connectivity index (χ1) is 12.3. The van der Waals surface area contributed by atoms with E-state index < -0.39 is 28.8 Å². The Hall–Kier alpha value is -1.33. The van der Waals surface area contributed by atoms with E-state index in [1.165, 1.54) is 0 Å². The molecule has 2 N–H and O–H groups in total. The number of hydrogen-bond acceptors (Lipinski definition) is 5. The zero-order chi connectivity index (χ0) is 20.3. The third kappa shape index (κ3) is 6.36. The fourth-order valence-electron chi connectivity index (χ4n) is 2.59. The maximum Gasteiger partial charge on any atom is 0.527 e. The van der Waals surface area contributed by atoms with Gasteiger partial charge in [0.15, 0.2) is 0 Å². The zero-order valence-electron chi connectivity index (χ0n) is 16.9. The van der Waals surface area contributed by atoms with Crippen LogP contribution in [-0.4, -0.2) is 38.4 Å². The van der Waals surface area contributed by atoms with Gasteiger partial charge in [0.1, 0.15) is 0 Å². The molecule has 0 aliphatic heterocycles. The van der Waals surface area contributed by atoms with E-state index in [4.69, 9.17) is 13.0 Å². The molecule has 0 aliphatic carbocycles. The van der Waals surface area contributed by atoms with Gasteiger partial charge in [-0.1, -0.05) is 60.7 Å². The van der Waals surface area contributed by atoms with Crippen LogP contribution < -0.4 is 10.4 Å². The summed E-state index contributed by atoms with van der Waals surface area (Å²) in [5, 5.41) is 1.03. The Bertz CT molecular complexity index is 664. The first-order valence-corrected chi connectivity index (χ1v) is 12.5. The maximum atomic E-state index is 11.5. The molecule has 2 aromatic rings. The van der Waals surface area contributed by atoms with Crippen LogP contribution in [0, 0.1) is 0 Å². The summed E-state index contributed by atoms with van der Waals surface area (Å²) in [5.74, 6) is 0. The lowest BCUT2D eigenvalue weighted by molar-refractivity contribution is 0.0113. The highest BCUT2D eigenvalue weighted by molar-refractivity contribution is 6.87. The van der Waals surface area contributed by atoms with Crippen molar-refractivity contribution in [2.24, 2.45) is 0 Å². The molecule has 5 nitrogen and oxygen atoms in total. The van der Waals surface area contributed by atoms with E-state index in [0.29, 0.717) is 10.4 Å². The molecular weight excluding hydrogens is 376 g/mol. The normalized spacial score (nSPS) is 17.2. The summed E-state index contributed by atoms with van der Waals surface area (Å²) in [6.07, 6.45) is 0. The van der Waals surface area contributed by atoms with E-state index >= 15 is 0 Å². The quantitative estimate of drug-likeness (QED) is 0.721. The summed E-state index contributed by atoms with van der Waals surface area (Å²) >= 11 is 0. The first kappa shape index (κ1) is 22.0. The summed E-state index contributed by atoms with van der Waals surface area (Å²) in [6, 6.07) is 17.9. The lowest BCUT2D eigenvalue weighted by Crippen LogP contribution is -2.69. The minimum atomic E-state index is -3.99. The molecule has 0 saturated heterocycles. The van der Waals surface area contributed by atoms with E-state index in [2.05, 4.69) is 0 Å². The highest BCUT2D eigenvalue weighted by Gasteiger charge is 2.55. The minimum Gasteiger partial charge on any atom is -0.387 e. The second kappa shape index (κ2) is 7.96. The molecule has 0 heterocycles. The van der Waals surface area contributed by atoms with Gasteiger partial charge < -0.3 is 22.6 Å². The van der Waals surface area contributed by atoms with Crippen molar-refractivity contribution >= 4 is 28.0 Å². The number of benzene rings is 2. The fourth-order valence-corrected chi connectivity index (χ4v) is 8.49. The van der Waals surface area contributed by atoms with Crippen molar-refractivity contribution in [2.75, 3.05) is 0 Å². The Morgan fingerprint density at radius 2 is 0.889 bits per heavy atom. The van der Waals surface area contributed by atoms with Gasteiger partial charge in [-0.05, 0) is 41.5 Å². The van der Waals surface area contributed by atoms with E-state index in [9.17, 15) is 9.59 Å². The van der Waals surface area contributed by atoms with Crippen molar-refractivity contribution in [3.8, 4) is 0 Å². The summed E-state index contributed by atoms with van der Waals surface area (Å²) < 4.78 is 18.1. The maximum absolute atomic E-state index is 11.5. The van der Waals surface area contributed by atoms with Crippen LogP contribution in [0.5, 0.6) is 0 Å². The van der Waals surface area contributed by atoms with Crippen LogP contribution in [0.1, 0.15) is 41.5 Å². The standard InChI is InChI=1S/C20H30O5Si2/c1-19(2,3)23-26(21,17-13-9-7-10-14-17)25-27(22,24-20(4,5)6)18-15-11-8-12-16-18/h7-16,21-22H,1-6H3. The number of hydrogen-bond donors (Lipinski definition) is 2. The smallest absolute Gasteiger partial charge is 0.387 e. The highest BCUT2D eigenvalue weighted by Crippen LogP contribution is 2.23. The van der Waals surface area contributed by atoms with E-state index in [1.807, 2.05) is 53.7 Å². The Labute approximate surface area is 164 Å². The molecule has 0 fully saturated rings. The van der Waals surface area contributed by atoms with Gasteiger partial charge in [-0.3, -0.25) is 0 Å². The summed E-state index contributed by atoms with van der Waals surface area (Å²) in [6.45, 7) is 11.0. The molecule has 2 atom stereocenters. The lowest BCUT2D eigenvalue weighted by atomic mass is 10.2. The fraction of sp³-hybridized carbons (Fsp3) is 0.400. The second-order valence-electron chi connectivity index (χ2n) is 8.43. The Morgan fingerprint density at radius 1 is 0.593 bits per heavy atom. The van der Waals surface area contributed by atoms with Crippen molar-refractivity contribution in [2.45, 2.75) is 52.7 Å². The third-order valence-electron chi connectivity index (χ3n) is 3.44. The van der Waals surface area contributed by atoms with Crippen molar-refractivity contribution in [3.63, 3.8) is 0 Å². The van der Waals surface area contributed by atoms with Crippen LogP contribution in [0.15, 0.2) is 60.7 Å². The molecule has 2 rings (SSSR count). The van der Waals surface area contributed by atoms with Gasteiger partial charge in [0.25, 0.3) is 0 Å². The van der Waals surface area contributed by atoms with Crippen molar-refractivity contribution in [1.82, 2.24) is 0 Å². The average Bonchev–Trinajstić information content (AvgIpc) is 2.53.